The van der Waals surface area contributed by atoms with Crippen LogP contribution in [0.15, 0.2) is 59.5 Å². The molecule has 0 aliphatic heterocycles. The van der Waals surface area contributed by atoms with Crippen LogP contribution in [-0.4, -0.2) is 51.5 Å². The molecule has 12 heteroatoms. The van der Waals surface area contributed by atoms with Crippen LogP contribution in [0.3, 0.4) is 0 Å². The maximum Gasteiger partial charge on any atom is 0.341 e. The highest BCUT2D eigenvalue weighted by Crippen LogP contribution is 2.33. The second-order valence-corrected chi connectivity index (χ2v) is 12.3. The predicted octanol–water partition coefficient (Wildman–Crippen LogP) is 5.32. The molecule has 1 saturated carbocycles. The van der Waals surface area contributed by atoms with Crippen molar-refractivity contribution in [3.8, 4) is 16.9 Å². The van der Waals surface area contributed by atoms with Gasteiger partial charge in [0.05, 0.1) is 17.9 Å². The lowest BCUT2D eigenvalue weighted by Gasteiger charge is -2.29. The zero-order valence-corrected chi connectivity index (χ0v) is 24.6. The minimum Gasteiger partial charge on any atom is -0.477 e. The number of hydrogen-bond acceptors (Lipinski definition) is 8. The van der Waals surface area contributed by atoms with Crippen molar-refractivity contribution >= 4 is 23.3 Å². The highest BCUT2D eigenvalue weighted by Gasteiger charge is 2.34. The van der Waals surface area contributed by atoms with Crippen molar-refractivity contribution in [2.24, 2.45) is 11.8 Å². The summed E-state index contributed by atoms with van der Waals surface area (Å²) in [5.74, 6) is -0.278. The van der Waals surface area contributed by atoms with Gasteiger partial charge in [-0.15, -0.1) is 5.10 Å². The Balaban J connectivity index is 1.35. The number of carbonyl (C=O) groups excluding carboxylic acids is 1. The Hall–Kier alpha value is -4.87. The topological polar surface area (TPSA) is 145 Å². The third-order valence-corrected chi connectivity index (χ3v) is 7.88. The fraction of sp³-hybridized carbons (Fsp3) is 0.387. The molecule has 222 valence electrons. The lowest BCUT2D eigenvalue weighted by Crippen LogP contribution is -2.38. The Morgan fingerprint density at radius 2 is 1.84 bits per heavy atom. The monoisotopic (exact) mass is 582 g/mol. The third kappa shape index (κ3) is 5.77. The molecule has 43 heavy (non-hydrogen) atoms. The Bertz CT molecular complexity index is 1740. The van der Waals surface area contributed by atoms with Gasteiger partial charge in [-0.1, -0.05) is 45.0 Å². The molecule has 1 fully saturated rings. The van der Waals surface area contributed by atoms with Crippen molar-refractivity contribution in [2.45, 2.75) is 65.3 Å². The van der Waals surface area contributed by atoms with Crippen LogP contribution >= 0.6 is 0 Å². The second kappa shape index (κ2) is 11.1. The Morgan fingerprint density at radius 3 is 2.49 bits per heavy atom. The molecule has 6 rings (SSSR count). The second-order valence-electron chi connectivity index (χ2n) is 12.3. The van der Waals surface area contributed by atoms with Crippen LogP contribution in [-0.2, 0) is 16.8 Å². The molecule has 12 nitrogen and oxygen atoms in total. The van der Waals surface area contributed by atoms with E-state index in [4.69, 9.17) is 4.52 Å². The van der Waals surface area contributed by atoms with Crippen LogP contribution in [0.5, 0.6) is 0 Å². The lowest BCUT2D eigenvalue weighted by atomic mass is 9.82. The molecule has 0 spiro atoms. The number of amides is 1. The molecular weight excluding hydrogens is 548 g/mol. The molecule has 1 N–H and O–H groups in total. The maximum absolute atomic E-state index is 14.0. The fourth-order valence-corrected chi connectivity index (χ4v) is 5.35. The number of fused-ring (bicyclic) bond motifs is 1. The lowest BCUT2D eigenvalue weighted by molar-refractivity contribution is -0.123. The standard InChI is InChI=1S/C31H34N8O4/c1-19-6-8-21(9-7-19)28(40)37(18-25-33-30(43-36-25)31(2,3)4)27-23(29(41)42)17-39(35-27)22-12-10-20(11-13-22)24-16-26-32-14-5-15-38(26)34-24/h5,10-17,19,21H,6-9,18H2,1-4H3,(H,41,42). The Morgan fingerprint density at radius 1 is 1.09 bits per heavy atom. The van der Waals surface area contributed by atoms with Gasteiger partial charge >= 0.3 is 5.97 Å². The SMILES string of the molecule is CC1CCC(C(=O)N(Cc2noc(C(C)(C)C)n2)c2nn(-c3ccc(-c4cc5ncccn5n4)cc3)cc2C(=O)O)CC1. The van der Waals surface area contributed by atoms with Crippen molar-refractivity contribution in [3.63, 3.8) is 0 Å². The fourth-order valence-electron chi connectivity index (χ4n) is 5.35. The van der Waals surface area contributed by atoms with Crippen molar-refractivity contribution in [3.05, 3.63) is 72.3 Å². The van der Waals surface area contributed by atoms with Crippen molar-refractivity contribution < 1.29 is 19.2 Å². The van der Waals surface area contributed by atoms with Crippen molar-refractivity contribution in [1.82, 2.24) is 34.5 Å². The van der Waals surface area contributed by atoms with Gasteiger partial charge < -0.3 is 9.63 Å². The smallest absolute Gasteiger partial charge is 0.341 e. The largest absolute Gasteiger partial charge is 0.477 e. The van der Waals surface area contributed by atoms with E-state index >= 15 is 0 Å². The molecular formula is C31H34N8O4. The minimum absolute atomic E-state index is 0.0498. The number of aromatic carboxylic acids is 1. The first-order valence-electron chi connectivity index (χ1n) is 14.5. The first-order chi connectivity index (χ1) is 20.6. The molecule has 4 heterocycles. The van der Waals surface area contributed by atoms with Gasteiger partial charge in [0.25, 0.3) is 0 Å². The molecule has 4 aromatic heterocycles. The van der Waals surface area contributed by atoms with E-state index < -0.39 is 5.97 Å². The zero-order valence-electron chi connectivity index (χ0n) is 24.6. The average Bonchev–Trinajstić information content (AvgIpc) is 3.74. The quantitative estimate of drug-likeness (QED) is 0.269. The number of benzene rings is 1. The van der Waals surface area contributed by atoms with E-state index in [1.165, 1.54) is 15.8 Å². The summed E-state index contributed by atoms with van der Waals surface area (Å²) in [4.78, 5) is 36.7. The van der Waals surface area contributed by atoms with E-state index in [1.54, 1.807) is 10.7 Å². The van der Waals surface area contributed by atoms with E-state index in [-0.39, 0.29) is 35.2 Å². The van der Waals surface area contributed by atoms with Crippen molar-refractivity contribution in [2.75, 3.05) is 4.90 Å². The first-order valence-corrected chi connectivity index (χ1v) is 14.5. The first kappa shape index (κ1) is 28.3. The van der Waals surface area contributed by atoms with Gasteiger partial charge in [0.15, 0.2) is 17.3 Å². The summed E-state index contributed by atoms with van der Waals surface area (Å²) in [6.45, 7) is 8.00. The molecule has 1 aliphatic carbocycles. The molecule has 1 aliphatic rings. The molecule has 0 saturated heterocycles. The van der Waals surface area contributed by atoms with Crippen LogP contribution in [0.4, 0.5) is 5.82 Å². The van der Waals surface area contributed by atoms with Crippen molar-refractivity contribution in [1.29, 1.82) is 0 Å². The average molecular weight is 583 g/mol. The van der Waals surface area contributed by atoms with Gasteiger partial charge in [0.1, 0.15) is 5.56 Å². The summed E-state index contributed by atoms with van der Waals surface area (Å²) in [5.41, 5.74) is 2.53. The number of carboxylic acid groups (broad SMARTS) is 1. The molecule has 0 bridgehead atoms. The Kier molecular flexibility index (Phi) is 7.28. The third-order valence-electron chi connectivity index (χ3n) is 7.88. The van der Waals surface area contributed by atoms with Gasteiger partial charge in [-0.05, 0) is 49.8 Å². The van der Waals surface area contributed by atoms with E-state index in [0.29, 0.717) is 23.3 Å². The summed E-state index contributed by atoms with van der Waals surface area (Å²) in [7, 11) is 0. The maximum atomic E-state index is 14.0. The van der Waals surface area contributed by atoms with E-state index in [0.717, 1.165) is 42.6 Å². The highest BCUT2D eigenvalue weighted by molar-refractivity contribution is 6.01. The van der Waals surface area contributed by atoms with Crippen LogP contribution in [0.2, 0.25) is 0 Å². The number of carboxylic acids is 1. The summed E-state index contributed by atoms with van der Waals surface area (Å²) in [5, 5.41) is 23.5. The molecule has 0 radical (unpaired) electrons. The van der Waals surface area contributed by atoms with Gasteiger partial charge in [-0.2, -0.15) is 10.1 Å². The van der Waals surface area contributed by atoms with Gasteiger partial charge in [-0.25, -0.2) is 19.0 Å². The van der Waals surface area contributed by atoms with Gasteiger partial charge in [0.2, 0.25) is 11.8 Å². The number of carbonyl (C=O) groups is 2. The number of rotatable bonds is 7. The number of anilines is 1. The summed E-state index contributed by atoms with van der Waals surface area (Å²) >= 11 is 0. The number of hydrogen-bond donors (Lipinski definition) is 1. The van der Waals surface area contributed by atoms with Crippen LogP contribution in [0, 0.1) is 11.8 Å². The summed E-state index contributed by atoms with van der Waals surface area (Å²) in [6.07, 6.45) is 8.33. The van der Waals surface area contributed by atoms with Crippen LogP contribution < -0.4 is 4.90 Å². The summed E-state index contributed by atoms with van der Waals surface area (Å²) in [6, 6.07) is 11.1. The van der Waals surface area contributed by atoms with E-state index in [2.05, 4.69) is 32.2 Å². The predicted molar refractivity (Wildman–Crippen MR) is 158 cm³/mol. The molecule has 5 aromatic rings. The molecule has 1 aromatic carbocycles. The number of aromatic nitrogens is 7. The van der Waals surface area contributed by atoms with Gasteiger partial charge in [-0.3, -0.25) is 9.69 Å². The molecule has 0 atom stereocenters. The van der Waals surface area contributed by atoms with E-state index in [9.17, 15) is 14.7 Å². The van der Waals surface area contributed by atoms with E-state index in [1.807, 2.05) is 63.4 Å². The minimum atomic E-state index is -1.19. The van der Waals surface area contributed by atoms with Crippen LogP contribution in [0.1, 0.15) is 75.5 Å². The molecule has 1 amide bonds. The normalized spacial score (nSPS) is 17.3. The molecule has 0 unspecified atom stereocenters. The van der Waals surface area contributed by atoms with Crippen LogP contribution in [0.25, 0.3) is 22.6 Å². The highest BCUT2D eigenvalue weighted by atomic mass is 16.5. The number of nitrogens with zero attached hydrogens (tertiary/aromatic N) is 8. The Labute approximate surface area is 248 Å². The summed E-state index contributed by atoms with van der Waals surface area (Å²) < 4.78 is 8.66. The zero-order chi connectivity index (χ0) is 30.3. The van der Waals surface area contributed by atoms with Gasteiger partial charge in [0, 0.05) is 41.6 Å².